The first-order chi connectivity index (χ1) is 8.28. The quantitative estimate of drug-likeness (QED) is 0.604. The van der Waals surface area contributed by atoms with Crippen molar-refractivity contribution in [2.24, 2.45) is 23.7 Å². The monoisotopic (exact) mass is 238 g/mol. The van der Waals surface area contributed by atoms with E-state index in [0.29, 0.717) is 23.7 Å². The number of rotatable bonds is 8. The predicted octanol–water partition coefficient (Wildman–Crippen LogP) is 3.30. The van der Waals surface area contributed by atoms with Crippen LogP contribution < -0.4 is 0 Å². The van der Waals surface area contributed by atoms with Crippen LogP contribution in [0.25, 0.3) is 0 Å². The molecule has 2 nitrogen and oxygen atoms in total. The Kier molecular flexibility index (Phi) is 6.53. The molecule has 0 bridgehead atoms. The zero-order valence-corrected chi connectivity index (χ0v) is 11.2. The maximum atomic E-state index is 5.61. The Bertz CT molecular complexity index is 213. The van der Waals surface area contributed by atoms with Gasteiger partial charge in [-0.1, -0.05) is 12.2 Å². The molecule has 2 heteroatoms. The van der Waals surface area contributed by atoms with E-state index in [1.165, 1.54) is 0 Å². The summed E-state index contributed by atoms with van der Waals surface area (Å²) in [7, 11) is 0. The molecule has 1 aliphatic carbocycles. The van der Waals surface area contributed by atoms with Crippen LogP contribution in [0.3, 0.4) is 0 Å². The van der Waals surface area contributed by atoms with Crippen LogP contribution in [0.1, 0.15) is 20.3 Å². The first-order valence-corrected chi connectivity index (χ1v) is 6.69. The molecular weight excluding hydrogens is 212 g/mol. The molecule has 0 aliphatic heterocycles. The fraction of sp³-hybridized carbons (Fsp3) is 0.733. The van der Waals surface area contributed by atoms with Crippen LogP contribution in [-0.2, 0) is 9.47 Å². The molecule has 1 rings (SSSR count). The maximum Gasteiger partial charge on any atom is 0.0503 e. The van der Waals surface area contributed by atoms with Crippen LogP contribution in [0.5, 0.6) is 0 Å². The van der Waals surface area contributed by atoms with Gasteiger partial charge in [0.2, 0.25) is 0 Å². The Morgan fingerprint density at radius 3 is 1.65 bits per heavy atom. The van der Waals surface area contributed by atoms with E-state index in [-0.39, 0.29) is 0 Å². The second-order valence-electron chi connectivity index (χ2n) is 4.68. The molecule has 0 heterocycles. The Balaban J connectivity index is 2.67. The third-order valence-electron chi connectivity index (χ3n) is 3.83. The molecule has 17 heavy (non-hydrogen) atoms. The normalized spacial score (nSPS) is 32.6. The van der Waals surface area contributed by atoms with Gasteiger partial charge < -0.3 is 9.47 Å². The van der Waals surface area contributed by atoms with Crippen molar-refractivity contribution in [2.75, 3.05) is 26.4 Å². The van der Waals surface area contributed by atoms with E-state index in [1.807, 2.05) is 13.8 Å². The summed E-state index contributed by atoms with van der Waals surface area (Å²) < 4.78 is 11.2. The average molecular weight is 238 g/mol. The van der Waals surface area contributed by atoms with Gasteiger partial charge in [-0.15, -0.1) is 13.2 Å². The van der Waals surface area contributed by atoms with Gasteiger partial charge in [0.1, 0.15) is 0 Å². The summed E-state index contributed by atoms with van der Waals surface area (Å²) in [6.45, 7) is 15.2. The largest absolute Gasteiger partial charge is 0.381 e. The summed E-state index contributed by atoms with van der Waals surface area (Å²) >= 11 is 0. The number of hydrogen-bond acceptors (Lipinski definition) is 2. The number of hydrogen-bond donors (Lipinski definition) is 0. The highest BCUT2D eigenvalue weighted by atomic mass is 16.5. The van der Waals surface area contributed by atoms with Crippen LogP contribution in [0, 0.1) is 23.7 Å². The number of ether oxygens (including phenoxy) is 2. The topological polar surface area (TPSA) is 18.5 Å². The highest BCUT2D eigenvalue weighted by Crippen LogP contribution is 2.43. The fourth-order valence-corrected chi connectivity index (χ4v) is 2.84. The summed E-state index contributed by atoms with van der Waals surface area (Å²) in [5.41, 5.74) is 0. The summed E-state index contributed by atoms with van der Waals surface area (Å²) in [6, 6.07) is 0. The van der Waals surface area contributed by atoms with Gasteiger partial charge in [-0.05, 0) is 43.9 Å². The molecule has 1 fully saturated rings. The van der Waals surface area contributed by atoms with Crippen molar-refractivity contribution in [3.05, 3.63) is 25.3 Å². The Morgan fingerprint density at radius 2 is 1.35 bits per heavy atom. The van der Waals surface area contributed by atoms with Crippen LogP contribution in [-0.4, -0.2) is 26.4 Å². The van der Waals surface area contributed by atoms with Crippen molar-refractivity contribution < 1.29 is 9.47 Å². The van der Waals surface area contributed by atoms with Crippen molar-refractivity contribution in [2.45, 2.75) is 20.3 Å². The lowest BCUT2D eigenvalue weighted by Crippen LogP contribution is -2.26. The van der Waals surface area contributed by atoms with Gasteiger partial charge in [0.05, 0.1) is 13.2 Å². The Labute approximate surface area is 106 Å². The first-order valence-electron chi connectivity index (χ1n) is 6.69. The van der Waals surface area contributed by atoms with Crippen molar-refractivity contribution in [3.63, 3.8) is 0 Å². The minimum atomic E-state index is 0.530. The van der Waals surface area contributed by atoms with Crippen LogP contribution in [0.15, 0.2) is 25.3 Å². The Morgan fingerprint density at radius 1 is 0.941 bits per heavy atom. The van der Waals surface area contributed by atoms with E-state index in [4.69, 9.17) is 9.47 Å². The summed E-state index contributed by atoms with van der Waals surface area (Å²) in [6.07, 6.45) is 5.29. The first kappa shape index (κ1) is 14.5. The molecule has 4 atom stereocenters. The summed E-state index contributed by atoms with van der Waals surface area (Å²) in [5.74, 6) is 2.13. The lowest BCUT2D eigenvalue weighted by atomic mass is 9.88. The van der Waals surface area contributed by atoms with E-state index in [9.17, 15) is 0 Å². The van der Waals surface area contributed by atoms with Gasteiger partial charge in [0, 0.05) is 13.2 Å². The van der Waals surface area contributed by atoms with Crippen molar-refractivity contribution in [1.29, 1.82) is 0 Å². The maximum absolute atomic E-state index is 5.61. The lowest BCUT2D eigenvalue weighted by Gasteiger charge is -2.24. The minimum absolute atomic E-state index is 0.530. The van der Waals surface area contributed by atoms with Crippen LogP contribution >= 0.6 is 0 Å². The zero-order chi connectivity index (χ0) is 12.7. The van der Waals surface area contributed by atoms with Gasteiger partial charge >= 0.3 is 0 Å². The molecule has 98 valence electrons. The number of allylic oxidation sites excluding steroid dienone is 2. The third kappa shape index (κ3) is 3.68. The van der Waals surface area contributed by atoms with E-state index >= 15 is 0 Å². The van der Waals surface area contributed by atoms with E-state index in [1.54, 1.807) is 0 Å². The van der Waals surface area contributed by atoms with Gasteiger partial charge in [-0.2, -0.15) is 0 Å². The second-order valence-corrected chi connectivity index (χ2v) is 4.68. The molecule has 0 N–H and O–H groups in total. The molecule has 0 radical (unpaired) electrons. The second kappa shape index (κ2) is 7.67. The van der Waals surface area contributed by atoms with E-state index < -0.39 is 0 Å². The van der Waals surface area contributed by atoms with Crippen molar-refractivity contribution >= 4 is 0 Å². The van der Waals surface area contributed by atoms with E-state index in [0.717, 1.165) is 32.8 Å². The van der Waals surface area contributed by atoms with Crippen LogP contribution in [0.2, 0.25) is 0 Å². The van der Waals surface area contributed by atoms with E-state index in [2.05, 4.69) is 25.3 Å². The van der Waals surface area contributed by atoms with Gasteiger partial charge in [0.25, 0.3) is 0 Å². The van der Waals surface area contributed by atoms with Gasteiger partial charge in [0.15, 0.2) is 0 Å². The molecule has 0 amide bonds. The summed E-state index contributed by atoms with van der Waals surface area (Å²) in [4.78, 5) is 0. The molecule has 0 aromatic heterocycles. The highest BCUT2D eigenvalue weighted by molar-refractivity contribution is 5.02. The average Bonchev–Trinajstić information content (AvgIpc) is 2.70. The summed E-state index contributed by atoms with van der Waals surface area (Å²) in [5, 5.41) is 0. The zero-order valence-electron chi connectivity index (χ0n) is 11.2. The van der Waals surface area contributed by atoms with Gasteiger partial charge in [-0.3, -0.25) is 0 Å². The minimum Gasteiger partial charge on any atom is -0.381 e. The SMILES string of the molecule is C=CC1CC(C=C)C(COCC)C1COCC. The standard InChI is InChI=1S/C15H26O2/c1-5-12-9-13(6-2)15(11-17-8-4)14(12)10-16-7-3/h5-6,12-15H,1-2,7-11H2,3-4H3. The van der Waals surface area contributed by atoms with Gasteiger partial charge in [-0.25, -0.2) is 0 Å². The Hall–Kier alpha value is -0.600. The smallest absolute Gasteiger partial charge is 0.0503 e. The molecule has 1 aliphatic rings. The van der Waals surface area contributed by atoms with Crippen molar-refractivity contribution in [3.8, 4) is 0 Å². The highest BCUT2D eigenvalue weighted by Gasteiger charge is 2.40. The molecule has 0 aromatic rings. The molecule has 0 spiro atoms. The molecule has 4 unspecified atom stereocenters. The van der Waals surface area contributed by atoms with Crippen LogP contribution in [0.4, 0.5) is 0 Å². The van der Waals surface area contributed by atoms with Crippen molar-refractivity contribution in [1.82, 2.24) is 0 Å². The molecule has 0 aromatic carbocycles. The fourth-order valence-electron chi connectivity index (χ4n) is 2.84. The predicted molar refractivity (Wildman–Crippen MR) is 72.0 cm³/mol. The molecular formula is C15H26O2. The lowest BCUT2D eigenvalue weighted by molar-refractivity contribution is 0.0382. The molecule has 0 saturated heterocycles. The molecule has 1 saturated carbocycles. The third-order valence-corrected chi connectivity index (χ3v) is 3.83.